The van der Waals surface area contributed by atoms with Crippen molar-refractivity contribution in [3.8, 4) is 5.75 Å². The molecule has 1 heterocycles. The van der Waals surface area contributed by atoms with E-state index in [2.05, 4.69) is 0 Å². The van der Waals surface area contributed by atoms with Gasteiger partial charge in [0.15, 0.2) is 4.66 Å². The van der Waals surface area contributed by atoms with Crippen molar-refractivity contribution in [2.75, 3.05) is 7.11 Å². The highest BCUT2D eigenvalue weighted by Gasteiger charge is 2.03. The minimum atomic E-state index is -0.569. The fourth-order valence-corrected chi connectivity index (χ4v) is 2.67. The van der Waals surface area contributed by atoms with Crippen molar-refractivity contribution in [1.29, 1.82) is 0 Å². The third-order valence-corrected chi connectivity index (χ3v) is 3.77. The Balaban J connectivity index is 2.61. The molecule has 0 aliphatic rings. The standard InChI is InChI=1S/C13H12N2O4S/c1-14-12(8-15(17)18)20-11(13(14)16)7-9-4-3-5-10(6-9)19-2/h3-8H,1-2H3. The lowest BCUT2D eigenvalue weighted by atomic mass is 10.2. The van der Waals surface area contributed by atoms with E-state index in [-0.39, 0.29) is 5.56 Å². The Morgan fingerprint density at radius 3 is 2.85 bits per heavy atom. The van der Waals surface area contributed by atoms with Crippen LogP contribution < -0.4 is 19.5 Å². The van der Waals surface area contributed by atoms with Gasteiger partial charge in [0, 0.05) is 7.05 Å². The van der Waals surface area contributed by atoms with Crippen LogP contribution in [0.5, 0.6) is 5.75 Å². The molecule has 2 rings (SSSR count). The van der Waals surface area contributed by atoms with E-state index in [1.807, 2.05) is 12.1 Å². The van der Waals surface area contributed by atoms with Crippen LogP contribution in [0.25, 0.3) is 12.3 Å². The lowest BCUT2D eigenvalue weighted by Gasteiger charge is -1.99. The van der Waals surface area contributed by atoms with E-state index in [0.717, 1.165) is 23.1 Å². The Bertz CT molecular complexity index is 820. The number of nitrogens with zero attached hydrogens (tertiary/aromatic N) is 2. The van der Waals surface area contributed by atoms with E-state index in [1.54, 1.807) is 25.3 Å². The lowest BCUT2D eigenvalue weighted by molar-refractivity contribution is -0.363. The van der Waals surface area contributed by atoms with E-state index in [1.165, 1.54) is 11.6 Å². The van der Waals surface area contributed by atoms with Crippen LogP contribution in [0.1, 0.15) is 5.56 Å². The summed E-state index contributed by atoms with van der Waals surface area (Å²) >= 11 is 1.08. The molecule has 1 aromatic carbocycles. The molecule has 7 heteroatoms. The number of rotatable bonds is 3. The monoisotopic (exact) mass is 292 g/mol. The molecule has 0 spiro atoms. The maximum atomic E-state index is 12.0. The molecule has 0 atom stereocenters. The van der Waals surface area contributed by atoms with Gasteiger partial charge in [-0.1, -0.05) is 12.1 Å². The highest BCUT2D eigenvalue weighted by atomic mass is 32.1. The lowest BCUT2D eigenvalue weighted by Crippen LogP contribution is -2.29. The number of nitro groups is 1. The first-order chi connectivity index (χ1) is 9.51. The zero-order valence-corrected chi connectivity index (χ0v) is 11.7. The molecule has 0 radical (unpaired) electrons. The number of hydrogen-bond acceptors (Lipinski definition) is 5. The van der Waals surface area contributed by atoms with Crippen LogP contribution in [0.15, 0.2) is 29.1 Å². The first-order valence-corrected chi connectivity index (χ1v) is 6.50. The summed E-state index contributed by atoms with van der Waals surface area (Å²) < 4.78 is 7.11. The van der Waals surface area contributed by atoms with Gasteiger partial charge < -0.3 is 4.74 Å². The Morgan fingerprint density at radius 2 is 2.20 bits per heavy atom. The van der Waals surface area contributed by atoms with Gasteiger partial charge in [-0.15, -0.1) is 11.3 Å². The van der Waals surface area contributed by atoms with Crippen LogP contribution in [0.3, 0.4) is 0 Å². The quantitative estimate of drug-likeness (QED) is 0.602. The van der Waals surface area contributed by atoms with Gasteiger partial charge in [0.1, 0.15) is 5.75 Å². The highest BCUT2D eigenvalue weighted by molar-refractivity contribution is 7.07. The van der Waals surface area contributed by atoms with Gasteiger partial charge in [0.2, 0.25) is 0 Å². The van der Waals surface area contributed by atoms with Crippen molar-refractivity contribution < 1.29 is 9.66 Å². The van der Waals surface area contributed by atoms with Crippen molar-refractivity contribution in [3.63, 3.8) is 0 Å². The number of methoxy groups -OCH3 is 1. The molecule has 0 saturated carbocycles. The van der Waals surface area contributed by atoms with Gasteiger partial charge in [0.05, 0.1) is 16.6 Å². The molecule has 6 nitrogen and oxygen atoms in total. The molecule has 0 fully saturated rings. The van der Waals surface area contributed by atoms with E-state index < -0.39 is 4.92 Å². The number of hydrogen-bond donors (Lipinski definition) is 0. The second-order valence-corrected chi connectivity index (χ2v) is 5.07. The molecular formula is C13H12N2O4S. The predicted octanol–water partition coefficient (Wildman–Crippen LogP) is 0.299. The predicted molar refractivity (Wildman–Crippen MR) is 76.8 cm³/mol. The number of benzene rings is 1. The summed E-state index contributed by atoms with van der Waals surface area (Å²) in [7, 11) is 3.07. The Kier molecular flexibility index (Phi) is 3.99. The first kappa shape index (κ1) is 14.0. The molecule has 1 aromatic heterocycles. The summed E-state index contributed by atoms with van der Waals surface area (Å²) in [6.07, 6.45) is 2.52. The zero-order chi connectivity index (χ0) is 14.7. The number of ether oxygens (including phenoxy) is 1. The third kappa shape index (κ3) is 2.94. The number of thiazole rings is 1. The topological polar surface area (TPSA) is 74.4 Å². The van der Waals surface area contributed by atoms with Crippen LogP contribution in [0.4, 0.5) is 0 Å². The van der Waals surface area contributed by atoms with Crippen LogP contribution in [0.2, 0.25) is 0 Å². The van der Waals surface area contributed by atoms with Crippen LogP contribution in [-0.2, 0) is 7.05 Å². The largest absolute Gasteiger partial charge is 0.497 e. The van der Waals surface area contributed by atoms with Gasteiger partial charge in [-0.25, -0.2) is 0 Å². The zero-order valence-electron chi connectivity index (χ0n) is 10.9. The summed E-state index contributed by atoms with van der Waals surface area (Å²) in [5.41, 5.74) is 0.543. The normalized spacial score (nSPS) is 12.7. The molecule has 0 unspecified atom stereocenters. The Labute approximate surface area is 118 Å². The summed E-state index contributed by atoms with van der Waals surface area (Å²) in [6, 6.07) is 7.23. The second-order valence-electron chi connectivity index (χ2n) is 4.00. The third-order valence-electron chi connectivity index (χ3n) is 2.67. The number of aromatic nitrogens is 1. The van der Waals surface area contributed by atoms with Crippen LogP contribution >= 0.6 is 11.3 Å². The molecule has 0 aliphatic heterocycles. The molecule has 20 heavy (non-hydrogen) atoms. The molecule has 0 amide bonds. The minimum Gasteiger partial charge on any atom is -0.497 e. The fraction of sp³-hybridized carbons (Fsp3) is 0.154. The summed E-state index contributed by atoms with van der Waals surface area (Å²) in [5.74, 6) is 0.684. The van der Waals surface area contributed by atoms with Gasteiger partial charge in [-0.2, -0.15) is 0 Å². The van der Waals surface area contributed by atoms with Crippen molar-refractivity contribution >= 4 is 23.6 Å². The molecule has 0 saturated heterocycles. The van der Waals surface area contributed by atoms with E-state index in [9.17, 15) is 14.9 Å². The van der Waals surface area contributed by atoms with E-state index >= 15 is 0 Å². The van der Waals surface area contributed by atoms with Gasteiger partial charge in [-0.3, -0.25) is 19.5 Å². The molecule has 0 aliphatic carbocycles. The van der Waals surface area contributed by atoms with Gasteiger partial charge in [-0.05, 0) is 23.8 Å². The van der Waals surface area contributed by atoms with Gasteiger partial charge >= 0.3 is 0 Å². The van der Waals surface area contributed by atoms with E-state index in [0.29, 0.717) is 14.9 Å². The molecular weight excluding hydrogens is 280 g/mol. The summed E-state index contributed by atoms with van der Waals surface area (Å²) in [5, 5.41) is 10.5. The van der Waals surface area contributed by atoms with Crippen molar-refractivity contribution in [2.24, 2.45) is 7.05 Å². The van der Waals surface area contributed by atoms with Crippen LogP contribution in [-0.4, -0.2) is 16.6 Å². The Morgan fingerprint density at radius 1 is 1.45 bits per heavy atom. The average Bonchev–Trinajstić information content (AvgIpc) is 2.67. The van der Waals surface area contributed by atoms with Gasteiger partial charge in [0.25, 0.3) is 11.8 Å². The molecule has 0 bridgehead atoms. The maximum Gasteiger partial charge on any atom is 0.268 e. The summed E-state index contributed by atoms with van der Waals surface area (Å²) in [6.45, 7) is 0. The van der Waals surface area contributed by atoms with Crippen molar-refractivity contribution in [2.45, 2.75) is 0 Å². The average molecular weight is 292 g/mol. The second kappa shape index (κ2) is 5.70. The Hall–Kier alpha value is -2.41. The summed E-state index contributed by atoms with van der Waals surface area (Å²) in [4.78, 5) is 21.9. The highest BCUT2D eigenvalue weighted by Crippen LogP contribution is 2.12. The van der Waals surface area contributed by atoms with Crippen LogP contribution in [0, 0.1) is 10.1 Å². The minimum absolute atomic E-state index is 0.258. The van der Waals surface area contributed by atoms with Crippen molar-refractivity contribution in [3.05, 3.63) is 59.5 Å². The van der Waals surface area contributed by atoms with Crippen molar-refractivity contribution in [1.82, 2.24) is 4.57 Å². The first-order valence-electron chi connectivity index (χ1n) is 5.68. The molecule has 2 aromatic rings. The molecule has 104 valence electrons. The maximum absolute atomic E-state index is 12.0. The SMILES string of the molecule is COc1cccc(C=c2sc(=C[N+](=O)[O-])n(C)c2=O)c1. The van der Waals surface area contributed by atoms with E-state index in [4.69, 9.17) is 4.74 Å². The smallest absolute Gasteiger partial charge is 0.268 e. The molecule has 0 N–H and O–H groups in total. The fourth-order valence-electron chi connectivity index (χ4n) is 1.67.